The minimum atomic E-state index is 0.281. The number of nitrogens with two attached hydrogens (primary N) is 1. The minimum absolute atomic E-state index is 0.281. The second-order valence-electron chi connectivity index (χ2n) is 6.05. The summed E-state index contributed by atoms with van der Waals surface area (Å²) in [5.41, 5.74) is 7.86. The Balaban J connectivity index is 2.21. The number of aromatic nitrogens is 1. The Morgan fingerprint density at radius 1 is 1.35 bits per heavy atom. The summed E-state index contributed by atoms with van der Waals surface area (Å²) in [5, 5.41) is 0. The van der Waals surface area contributed by atoms with Crippen molar-refractivity contribution in [1.29, 1.82) is 0 Å². The Bertz CT molecular complexity index is 509. The van der Waals surface area contributed by atoms with Gasteiger partial charge in [-0.05, 0) is 52.4 Å². The first kappa shape index (κ1) is 15.2. The highest BCUT2D eigenvalue weighted by molar-refractivity contribution is 7.80. The lowest BCUT2D eigenvalue weighted by Gasteiger charge is -2.49. The van der Waals surface area contributed by atoms with Gasteiger partial charge in [-0.1, -0.05) is 12.2 Å². The second kappa shape index (κ2) is 5.66. The van der Waals surface area contributed by atoms with Gasteiger partial charge < -0.3 is 15.5 Å². The van der Waals surface area contributed by atoms with Gasteiger partial charge in [0.2, 0.25) is 0 Å². The van der Waals surface area contributed by atoms with Crippen LogP contribution < -0.4 is 10.6 Å². The van der Waals surface area contributed by atoms with E-state index in [0.717, 1.165) is 23.6 Å². The number of rotatable bonds is 5. The summed E-state index contributed by atoms with van der Waals surface area (Å²) < 4.78 is 0. The van der Waals surface area contributed by atoms with Crippen molar-refractivity contribution in [2.45, 2.75) is 31.7 Å². The van der Waals surface area contributed by atoms with Gasteiger partial charge in [0.1, 0.15) is 10.8 Å². The Morgan fingerprint density at radius 2 is 2.00 bits per heavy atom. The maximum absolute atomic E-state index is 5.74. The standard InChI is InChI=1S/C15H24N4S/c1-11-8-12(14(16)20)9-13(17-11)19(4)10-15(18(2)3)6-5-7-15/h8-9H,5-7,10H2,1-4H3,(H2,16,20). The van der Waals surface area contributed by atoms with Gasteiger partial charge in [-0.3, -0.25) is 0 Å². The number of pyridine rings is 1. The van der Waals surface area contributed by atoms with E-state index in [9.17, 15) is 0 Å². The van der Waals surface area contributed by atoms with Crippen LogP contribution in [0.1, 0.15) is 30.5 Å². The SMILES string of the molecule is Cc1cc(C(N)=S)cc(N(C)CC2(N(C)C)CCC2)n1. The molecular weight excluding hydrogens is 268 g/mol. The minimum Gasteiger partial charge on any atom is -0.389 e. The predicted octanol–water partition coefficient (Wildman–Crippen LogP) is 1.94. The maximum atomic E-state index is 5.74. The molecule has 0 amide bonds. The topological polar surface area (TPSA) is 45.4 Å². The smallest absolute Gasteiger partial charge is 0.129 e. The lowest BCUT2D eigenvalue weighted by molar-refractivity contribution is 0.0682. The molecule has 1 heterocycles. The van der Waals surface area contributed by atoms with E-state index in [1.165, 1.54) is 19.3 Å². The van der Waals surface area contributed by atoms with Gasteiger partial charge in [0.15, 0.2) is 0 Å². The molecule has 1 saturated carbocycles. The molecule has 1 aliphatic rings. The normalized spacial score (nSPS) is 16.9. The molecule has 1 aliphatic carbocycles. The number of aryl methyl sites for hydroxylation is 1. The summed E-state index contributed by atoms with van der Waals surface area (Å²) >= 11 is 5.08. The average Bonchev–Trinajstić information content (AvgIpc) is 2.32. The van der Waals surface area contributed by atoms with Crippen LogP contribution in [-0.4, -0.2) is 48.1 Å². The van der Waals surface area contributed by atoms with Crippen LogP contribution >= 0.6 is 12.2 Å². The molecule has 110 valence electrons. The van der Waals surface area contributed by atoms with Crippen LogP contribution in [0.5, 0.6) is 0 Å². The molecule has 1 fully saturated rings. The zero-order chi connectivity index (χ0) is 14.9. The molecule has 0 atom stereocenters. The number of thiocarbonyl (C=S) groups is 1. The molecular formula is C15H24N4S. The van der Waals surface area contributed by atoms with E-state index in [4.69, 9.17) is 18.0 Å². The summed E-state index contributed by atoms with van der Waals surface area (Å²) in [5.74, 6) is 0.945. The first-order valence-corrected chi connectivity index (χ1v) is 7.42. The summed E-state index contributed by atoms with van der Waals surface area (Å²) in [7, 11) is 6.42. The van der Waals surface area contributed by atoms with E-state index in [2.05, 4.69) is 35.9 Å². The van der Waals surface area contributed by atoms with E-state index in [-0.39, 0.29) is 5.54 Å². The molecule has 2 rings (SSSR count). The number of hydrogen-bond donors (Lipinski definition) is 1. The van der Waals surface area contributed by atoms with E-state index < -0.39 is 0 Å². The highest BCUT2D eigenvalue weighted by Gasteiger charge is 2.40. The van der Waals surface area contributed by atoms with Crippen molar-refractivity contribution in [3.8, 4) is 0 Å². The molecule has 0 radical (unpaired) electrons. The highest BCUT2D eigenvalue weighted by Crippen LogP contribution is 2.37. The lowest BCUT2D eigenvalue weighted by Crippen LogP contribution is -2.56. The number of hydrogen-bond acceptors (Lipinski definition) is 4. The Morgan fingerprint density at radius 3 is 2.45 bits per heavy atom. The fourth-order valence-electron chi connectivity index (χ4n) is 2.84. The van der Waals surface area contributed by atoms with Crippen LogP contribution in [0.3, 0.4) is 0 Å². The molecule has 4 nitrogen and oxygen atoms in total. The third-order valence-electron chi connectivity index (χ3n) is 4.38. The molecule has 0 aliphatic heterocycles. The van der Waals surface area contributed by atoms with Crippen LogP contribution in [0.2, 0.25) is 0 Å². The summed E-state index contributed by atoms with van der Waals surface area (Å²) in [6.07, 6.45) is 3.81. The first-order chi connectivity index (χ1) is 9.34. The van der Waals surface area contributed by atoms with Crippen LogP contribution in [0.4, 0.5) is 5.82 Å². The van der Waals surface area contributed by atoms with Crippen molar-refractivity contribution in [3.05, 3.63) is 23.4 Å². The zero-order valence-electron chi connectivity index (χ0n) is 12.8. The monoisotopic (exact) mass is 292 g/mol. The van der Waals surface area contributed by atoms with E-state index in [0.29, 0.717) is 4.99 Å². The van der Waals surface area contributed by atoms with Crippen LogP contribution in [0.15, 0.2) is 12.1 Å². The molecule has 1 aromatic heterocycles. The quantitative estimate of drug-likeness (QED) is 0.840. The molecule has 20 heavy (non-hydrogen) atoms. The third kappa shape index (κ3) is 2.94. The van der Waals surface area contributed by atoms with E-state index in [1.54, 1.807) is 0 Å². The highest BCUT2D eigenvalue weighted by atomic mass is 32.1. The molecule has 5 heteroatoms. The average molecular weight is 292 g/mol. The van der Waals surface area contributed by atoms with Crippen molar-refractivity contribution in [3.63, 3.8) is 0 Å². The molecule has 0 bridgehead atoms. The summed E-state index contributed by atoms with van der Waals surface area (Å²) in [4.78, 5) is 9.60. The molecule has 0 saturated heterocycles. The van der Waals surface area contributed by atoms with Crippen molar-refractivity contribution in [2.75, 3.05) is 32.6 Å². The van der Waals surface area contributed by atoms with Crippen molar-refractivity contribution >= 4 is 23.0 Å². The fraction of sp³-hybridized carbons (Fsp3) is 0.600. The van der Waals surface area contributed by atoms with Crippen molar-refractivity contribution in [2.24, 2.45) is 5.73 Å². The van der Waals surface area contributed by atoms with E-state index in [1.807, 2.05) is 19.1 Å². The molecule has 0 unspecified atom stereocenters. The number of nitrogens with zero attached hydrogens (tertiary/aromatic N) is 3. The van der Waals surface area contributed by atoms with Gasteiger partial charge in [-0.15, -0.1) is 0 Å². The largest absolute Gasteiger partial charge is 0.389 e. The Labute approximate surface area is 127 Å². The van der Waals surface area contributed by atoms with Gasteiger partial charge in [-0.2, -0.15) is 0 Å². The first-order valence-electron chi connectivity index (χ1n) is 7.01. The van der Waals surface area contributed by atoms with Crippen molar-refractivity contribution in [1.82, 2.24) is 9.88 Å². The van der Waals surface area contributed by atoms with Crippen molar-refractivity contribution < 1.29 is 0 Å². The summed E-state index contributed by atoms with van der Waals surface area (Å²) in [6, 6.07) is 3.92. The van der Waals surface area contributed by atoms with Gasteiger partial charge >= 0.3 is 0 Å². The van der Waals surface area contributed by atoms with Crippen LogP contribution in [0.25, 0.3) is 0 Å². The fourth-order valence-corrected chi connectivity index (χ4v) is 2.96. The molecule has 1 aromatic rings. The van der Waals surface area contributed by atoms with Crippen LogP contribution in [-0.2, 0) is 0 Å². The zero-order valence-corrected chi connectivity index (χ0v) is 13.6. The molecule has 0 spiro atoms. The lowest BCUT2D eigenvalue weighted by atomic mass is 9.75. The second-order valence-corrected chi connectivity index (χ2v) is 6.49. The Hall–Kier alpha value is -1.20. The predicted molar refractivity (Wildman–Crippen MR) is 88.4 cm³/mol. The van der Waals surface area contributed by atoms with Gasteiger partial charge in [0.05, 0.1) is 0 Å². The van der Waals surface area contributed by atoms with Gasteiger partial charge in [-0.25, -0.2) is 4.98 Å². The number of likely N-dealkylation sites (N-methyl/N-ethyl adjacent to an activating group) is 2. The maximum Gasteiger partial charge on any atom is 0.129 e. The van der Waals surface area contributed by atoms with Gasteiger partial charge in [0.25, 0.3) is 0 Å². The number of anilines is 1. The van der Waals surface area contributed by atoms with Gasteiger partial charge in [0, 0.05) is 30.4 Å². The molecule has 0 aromatic carbocycles. The van der Waals surface area contributed by atoms with E-state index >= 15 is 0 Å². The third-order valence-corrected chi connectivity index (χ3v) is 4.62. The molecule has 2 N–H and O–H groups in total. The Kier molecular flexibility index (Phi) is 4.30. The summed E-state index contributed by atoms with van der Waals surface area (Å²) in [6.45, 7) is 2.96. The van der Waals surface area contributed by atoms with Crippen LogP contribution in [0, 0.1) is 6.92 Å².